The van der Waals surface area contributed by atoms with Gasteiger partial charge in [-0.1, -0.05) is 12.1 Å². The molecule has 1 aromatic heterocycles. The molecule has 114 valence electrons. The van der Waals surface area contributed by atoms with Gasteiger partial charge in [-0.2, -0.15) is 0 Å². The number of para-hydroxylation sites is 2. The number of nitrogens with two attached hydrogens (primary N) is 1. The van der Waals surface area contributed by atoms with Crippen LogP contribution in [0.5, 0.6) is 0 Å². The van der Waals surface area contributed by atoms with Crippen molar-refractivity contribution in [3.63, 3.8) is 0 Å². The van der Waals surface area contributed by atoms with Crippen molar-refractivity contribution in [2.75, 3.05) is 46.3 Å². The van der Waals surface area contributed by atoms with Crippen molar-refractivity contribution in [1.82, 2.24) is 19.4 Å². The molecule has 1 aromatic carbocycles. The maximum atomic E-state index is 5.74. The fourth-order valence-electron chi connectivity index (χ4n) is 3.01. The van der Waals surface area contributed by atoms with Gasteiger partial charge in [0.25, 0.3) is 0 Å². The largest absolute Gasteiger partial charge is 0.330 e. The smallest absolute Gasteiger partial charge is 0.111 e. The van der Waals surface area contributed by atoms with E-state index < -0.39 is 0 Å². The standard InChI is InChI=1S/C16H25N5/c1-19-8-10-20(11-9-19)12-13-21-15-5-3-2-4-14(15)18-16(21)6-7-17/h2-5H,6-13,17H2,1H3. The van der Waals surface area contributed by atoms with Crippen molar-refractivity contribution in [1.29, 1.82) is 0 Å². The van der Waals surface area contributed by atoms with Crippen LogP contribution in [0.4, 0.5) is 0 Å². The quantitative estimate of drug-likeness (QED) is 0.883. The second-order valence-corrected chi connectivity index (χ2v) is 5.85. The molecule has 1 aliphatic rings. The van der Waals surface area contributed by atoms with Gasteiger partial charge in [0.2, 0.25) is 0 Å². The molecule has 2 aromatic rings. The maximum Gasteiger partial charge on any atom is 0.111 e. The lowest BCUT2D eigenvalue weighted by Crippen LogP contribution is -2.45. The molecule has 1 fully saturated rings. The molecule has 0 bridgehead atoms. The molecular weight excluding hydrogens is 262 g/mol. The highest BCUT2D eigenvalue weighted by Gasteiger charge is 2.15. The molecule has 5 nitrogen and oxygen atoms in total. The minimum atomic E-state index is 0.651. The highest BCUT2D eigenvalue weighted by Crippen LogP contribution is 2.16. The zero-order chi connectivity index (χ0) is 14.7. The van der Waals surface area contributed by atoms with Gasteiger partial charge in [0.15, 0.2) is 0 Å². The molecule has 0 aliphatic carbocycles. The van der Waals surface area contributed by atoms with E-state index in [9.17, 15) is 0 Å². The van der Waals surface area contributed by atoms with E-state index in [0.29, 0.717) is 6.54 Å². The summed E-state index contributed by atoms with van der Waals surface area (Å²) in [6.07, 6.45) is 0.845. The first-order valence-electron chi connectivity index (χ1n) is 7.83. The molecule has 2 heterocycles. The van der Waals surface area contributed by atoms with Crippen molar-refractivity contribution in [2.45, 2.75) is 13.0 Å². The first-order valence-corrected chi connectivity index (χ1v) is 7.83. The lowest BCUT2D eigenvalue weighted by molar-refractivity contribution is 0.150. The zero-order valence-corrected chi connectivity index (χ0v) is 12.8. The van der Waals surface area contributed by atoms with E-state index in [-0.39, 0.29) is 0 Å². The molecule has 3 rings (SSSR count). The molecule has 0 atom stereocenters. The Morgan fingerprint density at radius 1 is 1.10 bits per heavy atom. The van der Waals surface area contributed by atoms with E-state index in [1.807, 2.05) is 6.07 Å². The molecule has 0 spiro atoms. The summed E-state index contributed by atoms with van der Waals surface area (Å²) in [4.78, 5) is 9.67. The van der Waals surface area contributed by atoms with Crippen LogP contribution in [0.3, 0.4) is 0 Å². The fraction of sp³-hybridized carbons (Fsp3) is 0.562. The Hall–Kier alpha value is -1.43. The van der Waals surface area contributed by atoms with Crippen molar-refractivity contribution in [3.05, 3.63) is 30.1 Å². The maximum absolute atomic E-state index is 5.74. The number of nitrogens with zero attached hydrogens (tertiary/aromatic N) is 4. The van der Waals surface area contributed by atoms with E-state index in [1.165, 1.54) is 18.6 Å². The van der Waals surface area contributed by atoms with Crippen LogP contribution in [0.15, 0.2) is 24.3 Å². The minimum Gasteiger partial charge on any atom is -0.330 e. The second-order valence-electron chi connectivity index (χ2n) is 5.85. The predicted octanol–water partition coefficient (Wildman–Crippen LogP) is 0.785. The lowest BCUT2D eigenvalue weighted by atomic mass is 10.3. The lowest BCUT2D eigenvalue weighted by Gasteiger charge is -2.32. The SMILES string of the molecule is CN1CCN(CCn2c(CCN)nc3ccccc32)CC1. The molecule has 2 N–H and O–H groups in total. The molecule has 0 amide bonds. The Balaban J connectivity index is 1.74. The molecular formula is C16H25N5. The number of rotatable bonds is 5. The van der Waals surface area contributed by atoms with Gasteiger partial charge in [0.05, 0.1) is 11.0 Å². The Morgan fingerprint density at radius 3 is 2.62 bits per heavy atom. The minimum absolute atomic E-state index is 0.651. The molecule has 21 heavy (non-hydrogen) atoms. The van der Waals surface area contributed by atoms with Crippen LogP contribution in [0.1, 0.15) is 5.82 Å². The van der Waals surface area contributed by atoms with Gasteiger partial charge in [0.1, 0.15) is 5.82 Å². The predicted molar refractivity (Wildman–Crippen MR) is 86.4 cm³/mol. The second kappa shape index (κ2) is 6.56. The summed E-state index contributed by atoms with van der Waals surface area (Å²) in [6.45, 7) is 7.40. The third-order valence-electron chi connectivity index (χ3n) is 4.34. The summed E-state index contributed by atoms with van der Waals surface area (Å²) in [7, 11) is 2.19. The molecule has 0 saturated carbocycles. The highest BCUT2D eigenvalue weighted by atomic mass is 15.3. The topological polar surface area (TPSA) is 50.3 Å². The fourth-order valence-corrected chi connectivity index (χ4v) is 3.01. The normalized spacial score (nSPS) is 17.6. The van der Waals surface area contributed by atoms with E-state index in [2.05, 4.69) is 39.6 Å². The summed E-state index contributed by atoms with van der Waals surface area (Å²) < 4.78 is 2.35. The van der Waals surface area contributed by atoms with Gasteiger partial charge in [0, 0.05) is 45.7 Å². The average molecular weight is 287 g/mol. The summed E-state index contributed by atoms with van der Waals surface area (Å²) in [5, 5.41) is 0. The number of benzene rings is 1. The zero-order valence-electron chi connectivity index (χ0n) is 12.8. The van der Waals surface area contributed by atoms with Crippen molar-refractivity contribution in [3.8, 4) is 0 Å². The summed E-state index contributed by atoms with van der Waals surface area (Å²) in [5.41, 5.74) is 8.05. The van der Waals surface area contributed by atoms with Gasteiger partial charge in [-0.05, 0) is 25.7 Å². The van der Waals surface area contributed by atoms with Crippen LogP contribution in [-0.2, 0) is 13.0 Å². The van der Waals surface area contributed by atoms with Gasteiger partial charge >= 0.3 is 0 Å². The number of piperazine rings is 1. The van der Waals surface area contributed by atoms with Crippen LogP contribution in [0, 0.1) is 0 Å². The van der Waals surface area contributed by atoms with Crippen LogP contribution in [-0.4, -0.2) is 65.7 Å². The van der Waals surface area contributed by atoms with Crippen LogP contribution >= 0.6 is 0 Å². The summed E-state index contributed by atoms with van der Waals surface area (Å²) in [5.74, 6) is 1.12. The van der Waals surface area contributed by atoms with Crippen LogP contribution < -0.4 is 5.73 Å². The molecule has 5 heteroatoms. The number of fused-ring (bicyclic) bond motifs is 1. The van der Waals surface area contributed by atoms with Crippen molar-refractivity contribution in [2.24, 2.45) is 5.73 Å². The summed E-state index contributed by atoms with van der Waals surface area (Å²) >= 11 is 0. The van der Waals surface area contributed by atoms with E-state index in [0.717, 1.165) is 43.9 Å². The molecule has 0 radical (unpaired) electrons. The van der Waals surface area contributed by atoms with Gasteiger partial charge in [-0.3, -0.25) is 4.90 Å². The summed E-state index contributed by atoms with van der Waals surface area (Å²) in [6, 6.07) is 8.38. The molecule has 0 unspecified atom stereocenters. The number of aromatic nitrogens is 2. The Labute approximate surface area is 126 Å². The van der Waals surface area contributed by atoms with Gasteiger partial charge in [-0.15, -0.1) is 0 Å². The third-order valence-corrected chi connectivity index (χ3v) is 4.34. The van der Waals surface area contributed by atoms with Gasteiger partial charge < -0.3 is 15.2 Å². The Bertz CT molecular complexity index is 583. The number of hydrogen-bond acceptors (Lipinski definition) is 4. The first-order chi connectivity index (χ1) is 10.3. The Morgan fingerprint density at radius 2 is 1.86 bits per heavy atom. The average Bonchev–Trinajstić information content (AvgIpc) is 2.85. The number of likely N-dealkylation sites (N-methyl/N-ethyl adjacent to an activating group) is 1. The van der Waals surface area contributed by atoms with Crippen LogP contribution in [0.2, 0.25) is 0 Å². The number of imidazole rings is 1. The van der Waals surface area contributed by atoms with Crippen LogP contribution in [0.25, 0.3) is 11.0 Å². The van der Waals surface area contributed by atoms with E-state index >= 15 is 0 Å². The van der Waals surface area contributed by atoms with Crippen molar-refractivity contribution >= 4 is 11.0 Å². The first kappa shape index (κ1) is 14.5. The molecule has 1 saturated heterocycles. The number of hydrogen-bond donors (Lipinski definition) is 1. The monoisotopic (exact) mass is 287 g/mol. The van der Waals surface area contributed by atoms with Crippen molar-refractivity contribution < 1.29 is 0 Å². The van der Waals surface area contributed by atoms with E-state index in [1.54, 1.807) is 0 Å². The molecule has 1 aliphatic heterocycles. The van der Waals surface area contributed by atoms with Gasteiger partial charge in [-0.25, -0.2) is 4.98 Å². The Kier molecular flexibility index (Phi) is 4.53. The third kappa shape index (κ3) is 3.26. The highest BCUT2D eigenvalue weighted by molar-refractivity contribution is 5.75. The van der Waals surface area contributed by atoms with E-state index in [4.69, 9.17) is 10.7 Å².